The zero-order valence-electron chi connectivity index (χ0n) is 10.0. The largest absolute Gasteiger partial charge is 0.455 e. The van der Waals surface area contributed by atoms with Gasteiger partial charge in [0.05, 0.1) is 11.1 Å². The van der Waals surface area contributed by atoms with Gasteiger partial charge < -0.3 is 4.74 Å². The summed E-state index contributed by atoms with van der Waals surface area (Å²) in [5.74, 6) is -0.949. The highest BCUT2D eigenvalue weighted by Gasteiger charge is 2.35. The molecule has 0 bridgehead atoms. The first-order valence-corrected chi connectivity index (χ1v) is 6.01. The van der Waals surface area contributed by atoms with Crippen molar-refractivity contribution in [3.05, 3.63) is 47.5 Å². The van der Waals surface area contributed by atoms with E-state index in [1.807, 2.05) is 0 Å². The molecule has 1 aromatic carbocycles. The number of fused-ring (bicyclic) bond motifs is 1. The number of nitrogens with zero attached hydrogens (tertiary/aromatic N) is 1. The standard InChI is InChI=1S/C14H11NO4/c16-12-6-5-9(19-12)7-8-15-13(17)10-3-1-2-4-11(10)14(15)18/h1-6,9H,7-8H2/t9-/m1/s1. The highest BCUT2D eigenvalue weighted by Crippen LogP contribution is 2.23. The first-order chi connectivity index (χ1) is 9.16. The van der Waals surface area contributed by atoms with Crippen molar-refractivity contribution in [3.8, 4) is 0 Å². The molecule has 19 heavy (non-hydrogen) atoms. The first kappa shape index (κ1) is 11.6. The van der Waals surface area contributed by atoms with Crippen molar-refractivity contribution in [2.24, 2.45) is 0 Å². The SMILES string of the molecule is O=C1C=C[C@H](CCN2C(=O)c3ccccc3C2=O)O1. The van der Waals surface area contributed by atoms with Crippen LogP contribution in [0.25, 0.3) is 0 Å². The molecule has 0 unspecified atom stereocenters. The normalized spacial score (nSPS) is 20.9. The predicted octanol–water partition coefficient (Wildman–Crippen LogP) is 1.15. The van der Waals surface area contributed by atoms with Crippen LogP contribution in [0.5, 0.6) is 0 Å². The number of carbonyl (C=O) groups excluding carboxylic acids is 3. The second kappa shape index (κ2) is 4.35. The minimum absolute atomic E-state index is 0.245. The average molecular weight is 257 g/mol. The first-order valence-electron chi connectivity index (χ1n) is 6.01. The summed E-state index contributed by atoms with van der Waals surface area (Å²) in [6.45, 7) is 0.245. The van der Waals surface area contributed by atoms with Gasteiger partial charge in [-0.2, -0.15) is 0 Å². The summed E-state index contributed by atoms with van der Waals surface area (Å²) in [5.41, 5.74) is 0.873. The number of amides is 2. The topological polar surface area (TPSA) is 63.7 Å². The third-order valence-electron chi connectivity index (χ3n) is 3.23. The van der Waals surface area contributed by atoms with Crippen LogP contribution in [-0.4, -0.2) is 35.3 Å². The van der Waals surface area contributed by atoms with Gasteiger partial charge in [0, 0.05) is 19.0 Å². The maximum absolute atomic E-state index is 12.1. The Labute approximate surface area is 109 Å². The van der Waals surface area contributed by atoms with Gasteiger partial charge in [-0.25, -0.2) is 4.79 Å². The molecule has 0 radical (unpaired) electrons. The summed E-state index contributed by atoms with van der Waals surface area (Å²) in [6.07, 6.45) is 3.07. The highest BCUT2D eigenvalue weighted by molar-refractivity contribution is 6.21. The molecule has 2 aliphatic heterocycles. The molecule has 0 N–H and O–H groups in total. The number of hydrogen-bond acceptors (Lipinski definition) is 4. The van der Waals surface area contributed by atoms with E-state index in [1.165, 1.54) is 11.0 Å². The Morgan fingerprint density at radius 1 is 1.05 bits per heavy atom. The Morgan fingerprint density at radius 3 is 2.21 bits per heavy atom. The van der Waals surface area contributed by atoms with Gasteiger partial charge in [-0.05, 0) is 18.2 Å². The van der Waals surface area contributed by atoms with Gasteiger partial charge in [-0.3, -0.25) is 14.5 Å². The Bertz CT molecular complexity index is 570. The molecule has 0 aliphatic carbocycles. The van der Waals surface area contributed by atoms with Crippen LogP contribution in [0, 0.1) is 0 Å². The van der Waals surface area contributed by atoms with Gasteiger partial charge in [0.25, 0.3) is 11.8 Å². The summed E-state index contributed by atoms with van der Waals surface area (Å²) >= 11 is 0. The van der Waals surface area contributed by atoms with Crippen molar-refractivity contribution >= 4 is 17.8 Å². The number of imide groups is 1. The van der Waals surface area contributed by atoms with Crippen molar-refractivity contribution in [1.29, 1.82) is 0 Å². The monoisotopic (exact) mass is 257 g/mol. The molecule has 5 nitrogen and oxygen atoms in total. The molecule has 1 aromatic rings. The lowest BCUT2D eigenvalue weighted by molar-refractivity contribution is -0.138. The van der Waals surface area contributed by atoms with Gasteiger partial charge in [-0.15, -0.1) is 0 Å². The molecule has 0 saturated carbocycles. The van der Waals surface area contributed by atoms with Crippen LogP contribution in [0.3, 0.4) is 0 Å². The van der Waals surface area contributed by atoms with Crippen LogP contribution in [0.15, 0.2) is 36.4 Å². The maximum atomic E-state index is 12.1. The van der Waals surface area contributed by atoms with Gasteiger partial charge in [0.2, 0.25) is 0 Å². The van der Waals surface area contributed by atoms with Crippen LogP contribution in [0.4, 0.5) is 0 Å². The van der Waals surface area contributed by atoms with Crippen LogP contribution in [0.2, 0.25) is 0 Å². The van der Waals surface area contributed by atoms with E-state index in [-0.39, 0.29) is 30.4 Å². The second-order valence-corrected chi connectivity index (χ2v) is 4.43. The Kier molecular flexibility index (Phi) is 2.67. The number of cyclic esters (lactones) is 1. The summed E-state index contributed by atoms with van der Waals surface area (Å²) in [7, 11) is 0. The summed E-state index contributed by atoms with van der Waals surface area (Å²) in [5, 5.41) is 0. The van der Waals surface area contributed by atoms with Gasteiger partial charge >= 0.3 is 5.97 Å². The summed E-state index contributed by atoms with van der Waals surface area (Å²) in [6, 6.07) is 6.75. The Morgan fingerprint density at radius 2 is 1.68 bits per heavy atom. The van der Waals surface area contributed by atoms with Crippen molar-refractivity contribution < 1.29 is 19.1 Å². The number of benzene rings is 1. The lowest BCUT2D eigenvalue weighted by atomic mass is 10.1. The molecule has 96 valence electrons. The summed E-state index contributed by atoms with van der Waals surface area (Å²) in [4.78, 5) is 36.2. The lowest BCUT2D eigenvalue weighted by Crippen LogP contribution is -2.32. The van der Waals surface area contributed by atoms with Crippen LogP contribution >= 0.6 is 0 Å². The van der Waals surface area contributed by atoms with Crippen LogP contribution in [0.1, 0.15) is 27.1 Å². The fourth-order valence-corrected chi connectivity index (χ4v) is 2.27. The molecule has 0 spiro atoms. The van der Waals surface area contributed by atoms with Crippen LogP contribution < -0.4 is 0 Å². The van der Waals surface area contributed by atoms with E-state index in [4.69, 9.17) is 4.74 Å². The van der Waals surface area contributed by atoms with Crippen molar-refractivity contribution in [1.82, 2.24) is 4.90 Å². The third-order valence-corrected chi connectivity index (χ3v) is 3.23. The lowest BCUT2D eigenvalue weighted by Gasteiger charge is -2.15. The van der Waals surface area contributed by atoms with Gasteiger partial charge in [0.1, 0.15) is 6.10 Å². The molecule has 2 heterocycles. The average Bonchev–Trinajstić information content (AvgIpc) is 2.93. The quantitative estimate of drug-likeness (QED) is 0.602. The molecule has 0 aromatic heterocycles. The van der Waals surface area contributed by atoms with Crippen molar-refractivity contribution in [2.75, 3.05) is 6.54 Å². The molecule has 5 heteroatoms. The molecule has 1 atom stereocenters. The number of carbonyl (C=O) groups is 3. The number of hydrogen-bond donors (Lipinski definition) is 0. The van der Waals surface area contributed by atoms with E-state index >= 15 is 0 Å². The smallest absolute Gasteiger partial charge is 0.331 e. The van der Waals surface area contributed by atoms with Gasteiger partial charge in [0.15, 0.2) is 0 Å². The fraction of sp³-hybridized carbons (Fsp3) is 0.214. The number of ether oxygens (including phenoxy) is 1. The van der Waals surface area contributed by atoms with Gasteiger partial charge in [-0.1, -0.05) is 12.1 Å². The van der Waals surface area contributed by atoms with E-state index in [2.05, 4.69) is 0 Å². The zero-order valence-corrected chi connectivity index (χ0v) is 10.0. The molecule has 3 rings (SSSR count). The van der Waals surface area contributed by atoms with Crippen molar-refractivity contribution in [3.63, 3.8) is 0 Å². The van der Waals surface area contributed by atoms with E-state index in [0.717, 1.165) is 0 Å². The zero-order chi connectivity index (χ0) is 13.4. The van der Waals surface area contributed by atoms with Crippen molar-refractivity contribution in [2.45, 2.75) is 12.5 Å². The predicted molar refractivity (Wildman–Crippen MR) is 65.4 cm³/mol. The van der Waals surface area contributed by atoms with Crippen LogP contribution in [-0.2, 0) is 9.53 Å². The van der Waals surface area contributed by atoms with E-state index in [1.54, 1.807) is 30.3 Å². The molecule has 0 saturated heterocycles. The minimum Gasteiger partial charge on any atom is -0.455 e. The Hall–Kier alpha value is -2.43. The minimum atomic E-state index is -0.382. The molecule has 2 amide bonds. The second-order valence-electron chi connectivity index (χ2n) is 4.43. The fourth-order valence-electron chi connectivity index (χ4n) is 2.27. The third kappa shape index (κ3) is 1.93. The molecule has 2 aliphatic rings. The Balaban J connectivity index is 1.71. The molecule has 0 fully saturated rings. The van der Waals surface area contributed by atoms with E-state index in [9.17, 15) is 14.4 Å². The maximum Gasteiger partial charge on any atom is 0.331 e. The number of esters is 1. The summed E-state index contributed by atoms with van der Waals surface area (Å²) < 4.78 is 4.97. The molecular weight excluding hydrogens is 246 g/mol. The number of rotatable bonds is 3. The highest BCUT2D eigenvalue weighted by atomic mass is 16.5. The van der Waals surface area contributed by atoms with E-state index in [0.29, 0.717) is 17.5 Å². The van der Waals surface area contributed by atoms with E-state index < -0.39 is 0 Å². The molecular formula is C14H11NO4.